The van der Waals surface area contributed by atoms with E-state index in [1.807, 2.05) is 0 Å². The smallest absolute Gasteiger partial charge is 0.335 e. The predicted molar refractivity (Wildman–Crippen MR) is 75.6 cm³/mol. The Morgan fingerprint density at radius 3 is 2.89 bits per heavy atom. The molecule has 0 amide bonds. The summed E-state index contributed by atoms with van der Waals surface area (Å²) in [5.41, 5.74) is 0.314. The Morgan fingerprint density at radius 2 is 2.21 bits per heavy atom. The van der Waals surface area contributed by atoms with Gasteiger partial charge in [-0.3, -0.25) is 0 Å². The van der Waals surface area contributed by atoms with Crippen LogP contribution in [0.3, 0.4) is 0 Å². The molecule has 2 heterocycles. The Labute approximate surface area is 114 Å². The molecule has 0 aromatic carbocycles. The first-order valence-corrected chi connectivity index (χ1v) is 7.02. The van der Waals surface area contributed by atoms with Gasteiger partial charge in [-0.1, -0.05) is 13.8 Å². The summed E-state index contributed by atoms with van der Waals surface area (Å²) in [6.07, 6.45) is 5.16. The molecule has 19 heavy (non-hydrogen) atoms. The van der Waals surface area contributed by atoms with E-state index in [0.29, 0.717) is 5.56 Å². The largest absolute Gasteiger partial charge is 0.478 e. The summed E-state index contributed by atoms with van der Waals surface area (Å²) in [4.78, 5) is 17.5. The van der Waals surface area contributed by atoms with Crippen LogP contribution in [0.25, 0.3) is 0 Å². The van der Waals surface area contributed by atoms with Crippen molar-refractivity contribution < 1.29 is 9.90 Å². The number of anilines is 1. The second-order valence-electron chi connectivity index (χ2n) is 5.63. The fraction of sp³-hybridized carbons (Fsp3) is 0.600. The van der Waals surface area contributed by atoms with Gasteiger partial charge >= 0.3 is 5.97 Å². The van der Waals surface area contributed by atoms with Gasteiger partial charge in [0.2, 0.25) is 0 Å². The van der Waals surface area contributed by atoms with Gasteiger partial charge in [0.1, 0.15) is 5.82 Å². The minimum atomic E-state index is -0.890. The third-order valence-corrected chi connectivity index (χ3v) is 4.03. The maximum atomic E-state index is 11.0. The van der Waals surface area contributed by atoms with Crippen LogP contribution in [0.2, 0.25) is 0 Å². The van der Waals surface area contributed by atoms with Gasteiger partial charge in [-0.2, -0.15) is 0 Å². The molecule has 104 valence electrons. The van der Waals surface area contributed by atoms with E-state index in [9.17, 15) is 4.79 Å². The predicted octanol–water partition coefficient (Wildman–Crippen LogP) is 3.04. The van der Waals surface area contributed by atoms with Gasteiger partial charge in [0.15, 0.2) is 0 Å². The number of aromatic carboxylic acids is 1. The van der Waals surface area contributed by atoms with E-state index in [1.165, 1.54) is 6.42 Å². The van der Waals surface area contributed by atoms with E-state index in [-0.39, 0.29) is 0 Å². The van der Waals surface area contributed by atoms with Crippen LogP contribution in [0, 0.1) is 11.8 Å². The highest BCUT2D eigenvalue weighted by molar-refractivity contribution is 5.88. The minimum absolute atomic E-state index is 0.314. The van der Waals surface area contributed by atoms with Crippen LogP contribution >= 0.6 is 0 Å². The van der Waals surface area contributed by atoms with Gasteiger partial charge in [-0.15, -0.1) is 0 Å². The van der Waals surface area contributed by atoms with Gasteiger partial charge in [-0.05, 0) is 43.2 Å². The van der Waals surface area contributed by atoms with Crippen molar-refractivity contribution in [2.24, 2.45) is 11.8 Å². The average Bonchev–Trinajstić information content (AvgIpc) is 2.64. The van der Waals surface area contributed by atoms with E-state index >= 15 is 0 Å². The van der Waals surface area contributed by atoms with Gasteiger partial charge in [0.25, 0.3) is 0 Å². The van der Waals surface area contributed by atoms with Gasteiger partial charge < -0.3 is 10.0 Å². The standard InChI is InChI=1S/C15H22N2O2/c1-11(2)12-4-3-8-17(9-6-12)14-10-13(15(18)19)5-7-16-14/h5,7,10-12H,3-4,6,8-9H2,1-2H3,(H,18,19). The van der Waals surface area contributed by atoms with Crippen LogP contribution in [0.1, 0.15) is 43.5 Å². The lowest BCUT2D eigenvalue weighted by Gasteiger charge is -2.22. The SMILES string of the molecule is CC(C)C1CCCN(c2cc(C(=O)O)ccn2)CC1. The van der Waals surface area contributed by atoms with Crippen LogP contribution in [0.4, 0.5) is 5.82 Å². The maximum Gasteiger partial charge on any atom is 0.335 e. The van der Waals surface area contributed by atoms with E-state index < -0.39 is 5.97 Å². The third-order valence-electron chi connectivity index (χ3n) is 4.03. The van der Waals surface area contributed by atoms with Crippen molar-refractivity contribution >= 4 is 11.8 Å². The van der Waals surface area contributed by atoms with Crippen molar-refractivity contribution in [3.05, 3.63) is 23.9 Å². The first-order chi connectivity index (χ1) is 9.08. The van der Waals surface area contributed by atoms with Crippen molar-refractivity contribution in [2.75, 3.05) is 18.0 Å². The Morgan fingerprint density at radius 1 is 1.42 bits per heavy atom. The zero-order valence-corrected chi connectivity index (χ0v) is 11.7. The lowest BCUT2D eigenvalue weighted by molar-refractivity contribution is 0.0697. The van der Waals surface area contributed by atoms with Crippen molar-refractivity contribution in [2.45, 2.75) is 33.1 Å². The van der Waals surface area contributed by atoms with Gasteiger partial charge in [-0.25, -0.2) is 9.78 Å². The topological polar surface area (TPSA) is 53.4 Å². The Bertz CT molecular complexity index is 446. The third kappa shape index (κ3) is 3.46. The lowest BCUT2D eigenvalue weighted by Crippen LogP contribution is -2.25. The molecule has 1 aliphatic heterocycles. The summed E-state index contributed by atoms with van der Waals surface area (Å²) in [6.45, 7) is 6.51. The molecule has 1 aromatic rings. The summed E-state index contributed by atoms with van der Waals surface area (Å²) in [5.74, 6) is 1.40. The number of rotatable bonds is 3. The van der Waals surface area contributed by atoms with Crippen molar-refractivity contribution in [3.8, 4) is 0 Å². The lowest BCUT2D eigenvalue weighted by atomic mass is 9.89. The molecule has 0 saturated carbocycles. The molecule has 2 rings (SSSR count). The van der Waals surface area contributed by atoms with Crippen LogP contribution in [-0.2, 0) is 0 Å². The molecule has 1 aliphatic rings. The Hall–Kier alpha value is -1.58. The molecule has 4 nitrogen and oxygen atoms in total. The fourth-order valence-electron chi connectivity index (χ4n) is 2.74. The molecule has 1 saturated heterocycles. The van der Waals surface area contributed by atoms with E-state index in [4.69, 9.17) is 5.11 Å². The normalized spacial score (nSPS) is 20.4. The summed E-state index contributed by atoms with van der Waals surface area (Å²) in [7, 11) is 0. The van der Waals surface area contributed by atoms with Crippen LogP contribution < -0.4 is 4.90 Å². The summed E-state index contributed by atoms with van der Waals surface area (Å²) >= 11 is 0. The number of carboxylic acids is 1. The molecule has 1 unspecified atom stereocenters. The monoisotopic (exact) mass is 262 g/mol. The molecular formula is C15H22N2O2. The number of nitrogens with zero attached hydrogens (tertiary/aromatic N) is 2. The highest BCUT2D eigenvalue weighted by Crippen LogP contribution is 2.26. The maximum absolute atomic E-state index is 11.0. The number of carbonyl (C=O) groups is 1. The van der Waals surface area contributed by atoms with Crippen molar-refractivity contribution in [3.63, 3.8) is 0 Å². The Kier molecular flexibility index (Phi) is 4.40. The summed E-state index contributed by atoms with van der Waals surface area (Å²) < 4.78 is 0. The zero-order chi connectivity index (χ0) is 13.8. The van der Waals surface area contributed by atoms with Crippen molar-refractivity contribution in [1.29, 1.82) is 0 Å². The Balaban J connectivity index is 2.09. The zero-order valence-electron chi connectivity index (χ0n) is 11.7. The molecular weight excluding hydrogens is 240 g/mol. The molecule has 1 atom stereocenters. The number of pyridine rings is 1. The highest BCUT2D eigenvalue weighted by Gasteiger charge is 2.20. The molecule has 0 bridgehead atoms. The quantitative estimate of drug-likeness (QED) is 0.909. The minimum Gasteiger partial charge on any atom is -0.478 e. The van der Waals surface area contributed by atoms with Crippen LogP contribution in [0.5, 0.6) is 0 Å². The van der Waals surface area contributed by atoms with E-state index in [2.05, 4.69) is 23.7 Å². The molecule has 1 fully saturated rings. The summed E-state index contributed by atoms with van der Waals surface area (Å²) in [5, 5.41) is 9.03. The highest BCUT2D eigenvalue weighted by atomic mass is 16.4. The molecule has 0 radical (unpaired) electrons. The number of hydrogen-bond acceptors (Lipinski definition) is 3. The van der Waals surface area contributed by atoms with Crippen LogP contribution in [0.15, 0.2) is 18.3 Å². The molecule has 0 spiro atoms. The average molecular weight is 262 g/mol. The number of aromatic nitrogens is 1. The van der Waals surface area contributed by atoms with Crippen LogP contribution in [-0.4, -0.2) is 29.1 Å². The first kappa shape index (κ1) is 13.8. The summed E-state index contributed by atoms with van der Waals surface area (Å²) in [6, 6.07) is 3.22. The molecule has 1 N–H and O–H groups in total. The van der Waals surface area contributed by atoms with Gasteiger partial charge in [0.05, 0.1) is 5.56 Å². The van der Waals surface area contributed by atoms with Crippen molar-refractivity contribution in [1.82, 2.24) is 4.98 Å². The second kappa shape index (κ2) is 6.04. The second-order valence-corrected chi connectivity index (χ2v) is 5.63. The molecule has 4 heteroatoms. The fourth-order valence-corrected chi connectivity index (χ4v) is 2.74. The number of carboxylic acid groups (broad SMARTS) is 1. The van der Waals surface area contributed by atoms with E-state index in [0.717, 1.165) is 43.6 Å². The first-order valence-electron chi connectivity index (χ1n) is 7.02. The molecule has 0 aliphatic carbocycles. The molecule has 1 aromatic heterocycles. The number of hydrogen-bond donors (Lipinski definition) is 1. The van der Waals surface area contributed by atoms with Gasteiger partial charge in [0, 0.05) is 19.3 Å². The van der Waals surface area contributed by atoms with E-state index in [1.54, 1.807) is 18.3 Å².